The van der Waals surface area contributed by atoms with E-state index in [-0.39, 0.29) is 6.10 Å². The van der Waals surface area contributed by atoms with Crippen LogP contribution in [0.25, 0.3) is 0 Å². The predicted molar refractivity (Wildman–Crippen MR) is 35.1 cm³/mol. The van der Waals surface area contributed by atoms with E-state index in [2.05, 4.69) is 6.92 Å². The van der Waals surface area contributed by atoms with Gasteiger partial charge in [0.2, 0.25) is 0 Å². The van der Waals surface area contributed by atoms with Crippen LogP contribution >= 0.6 is 0 Å². The lowest BCUT2D eigenvalue weighted by Gasteiger charge is -2.25. The van der Waals surface area contributed by atoms with E-state index in [4.69, 9.17) is 9.47 Å². The van der Waals surface area contributed by atoms with Crippen molar-refractivity contribution in [1.82, 2.24) is 0 Å². The second-order valence-electron chi connectivity index (χ2n) is 2.39. The van der Waals surface area contributed by atoms with Crippen molar-refractivity contribution in [3.05, 3.63) is 6.92 Å². The smallest absolute Gasteiger partial charge is 0.0805 e. The number of hydrogen-bond acceptors (Lipinski definition) is 2. The van der Waals surface area contributed by atoms with Crippen LogP contribution in [0.15, 0.2) is 0 Å². The van der Waals surface area contributed by atoms with Gasteiger partial charge in [-0.25, -0.2) is 0 Å². The topological polar surface area (TPSA) is 18.5 Å². The minimum atomic E-state index is 0.191. The number of hydrogen-bond donors (Lipinski definition) is 0. The molecule has 1 aliphatic rings. The van der Waals surface area contributed by atoms with Gasteiger partial charge < -0.3 is 9.47 Å². The summed E-state index contributed by atoms with van der Waals surface area (Å²) in [6.07, 6.45) is 2.61. The van der Waals surface area contributed by atoms with Gasteiger partial charge in [-0.15, -0.1) is 0 Å². The van der Waals surface area contributed by atoms with Crippen LogP contribution in [0.1, 0.15) is 12.8 Å². The Morgan fingerprint density at radius 3 is 2.78 bits per heavy atom. The first-order chi connectivity index (χ1) is 4.33. The molecule has 1 heterocycles. The summed E-state index contributed by atoms with van der Waals surface area (Å²) >= 11 is 0. The average molecular weight is 129 g/mol. The number of rotatable bonds is 1. The third-order valence-corrected chi connectivity index (χ3v) is 1.66. The van der Waals surface area contributed by atoms with Crippen molar-refractivity contribution >= 4 is 0 Å². The van der Waals surface area contributed by atoms with Gasteiger partial charge in [-0.05, 0) is 19.8 Å². The Bertz CT molecular complexity index is 75.0. The van der Waals surface area contributed by atoms with Gasteiger partial charge in [0.25, 0.3) is 0 Å². The summed E-state index contributed by atoms with van der Waals surface area (Å²) in [4.78, 5) is 0. The molecule has 0 saturated carbocycles. The molecule has 0 aromatic heterocycles. The van der Waals surface area contributed by atoms with Crippen molar-refractivity contribution < 1.29 is 9.47 Å². The Hall–Kier alpha value is -0.0800. The van der Waals surface area contributed by atoms with E-state index < -0.39 is 0 Å². The highest BCUT2D eigenvalue weighted by atomic mass is 16.5. The molecule has 0 spiro atoms. The van der Waals surface area contributed by atoms with Crippen molar-refractivity contribution in [2.75, 3.05) is 13.7 Å². The normalized spacial score (nSPS) is 36.7. The molecule has 2 nitrogen and oxygen atoms in total. The van der Waals surface area contributed by atoms with Gasteiger partial charge in [-0.1, -0.05) is 0 Å². The van der Waals surface area contributed by atoms with Gasteiger partial charge in [-0.3, -0.25) is 0 Å². The molecule has 0 aliphatic carbocycles. The summed E-state index contributed by atoms with van der Waals surface area (Å²) in [5.41, 5.74) is 0. The molecule has 0 amide bonds. The molecule has 0 aromatic rings. The zero-order valence-corrected chi connectivity index (χ0v) is 5.80. The van der Waals surface area contributed by atoms with Crippen LogP contribution in [-0.4, -0.2) is 25.9 Å². The van der Waals surface area contributed by atoms with Gasteiger partial charge in [0, 0.05) is 7.11 Å². The standard InChI is InChI=1S/C7H13O2/c1-6-3-4-7(8-2)5-9-6/h6-7H,1,3-5H2,2H3. The van der Waals surface area contributed by atoms with Gasteiger partial charge in [0.15, 0.2) is 0 Å². The van der Waals surface area contributed by atoms with E-state index in [0.29, 0.717) is 12.7 Å². The fourth-order valence-corrected chi connectivity index (χ4v) is 0.968. The molecular weight excluding hydrogens is 116 g/mol. The van der Waals surface area contributed by atoms with Crippen LogP contribution < -0.4 is 0 Å². The van der Waals surface area contributed by atoms with E-state index in [0.717, 1.165) is 12.8 Å². The summed E-state index contributed by atoms with van der Waals surface area (Å²) in [5, 5.41) is 0. The first-order valence-electron chi connectivity index (χ1n) is 3.30. The summed E-state index contributed by atoms with van der Waals surface area (Å²) in [5.74, 6) is 0. The second kappa shape index (κ2) is 3.18. The zero-order valence-electron chi connectivity index (χ0n) is 5.80. The van der Waals surface area contributed by atoms with Crippen LogP contribution in [0.5, 0.6) is 0 Å². The summed E-state index contributed by atoms with van der Waals surface area (Å²) in [6.45, 7) is 4.50. The predicted octanol–water partition coefficient (Wildman–Crippen LogP) is 1.01. The maximum absolute atomic E-state index is 5.25. The van der Waals surface area contributed by atoms with Gasteiger partial charge in [-0.2, -0.15) is 0 Å². The van der Waals surface area contributed by atoms with E-state index >= 15 is 0 Å². The summed E-state index contributed by atoms with van der Waals surface area (Å²) in [7, 11) is 1.72. The summed E-state index contributed by atoms with van der Waals surface area (Å²) in [6, 6.07) is 0. The number of methoxy groups -OCH3 is 1. The zero-order chi connectivity index (χ0) is 6.69. The highest BCUT2D eigenvalue weighted by molar-refractivity contribution is 4.70. The first kappa shape index (κ1) is 7.03. The Balaban J connectivity index is 2.18. The SMILES string of the molecule is [CH2]C1CCC(OC)CO1. The Morgan fingerprint density at radius 1 is 1.56 bits per heavy atom. The Morgan fingerprint density at radius 2 is 2.33 bits per heavy atom. The second-order valence-corrected chi connectivity index (χ2v) is 2.39. The molecule has 1 fully saturated rings. The molecule has 1 rings (SSSR count). The fourth-order valence-electron chi connectivity index (χ4n) is 0.968. The maximum atomic E-state index is 5.25. The summed E-state index contributed by atoms with van der Waals surface area (Å²) < 4.78 is 10.3. The Kier molecular flexibility index (Phi) is 2.49. The van der Waals surface area contributed by atoms with Crippen molar-refractivity contribution in [2.45, 2.75) is 25.0 Å². The van der Waals surface area contributed by atoms with Crippen LogP contribution in [0.4, 0.5) is 0 Å². The highest BCUT2D eigenvalue weighted by Gasteiger charge is 2.17. The van der Waals surface area contributed by atoms with E-state index in [1.54, 1.807) is 7.11 Å². The molecule has 0 N–H and O–H groups in total. The van der Waals surface area contributed by atoms with E-state index in [1.165, 1.54) is 0 Å². The maximum Gasteiger partial charge on any atom is 0.0805 e. The van der Waals surface area contributed by atoms with E-state index in [1.807, 2.05) is 0 Å². The van der Waals surface area contributed by atoms with Gasteiger partial charge in [0.1, 0.15) is 0 Å². The van der Waals surface area contributed by atoms with E-state index in [9.17, 15) is 0 Å². The first-order valence-corrected chi connectivity index (χ1v) is 3.30. The lowest BCUT2D eigenvalue weighted by atomic mass is 10.1. The Labute approximate surface area is 56.2 Å². The third-order valence-electron chi connectivity index (χ3n) is 1.66. The molecule has 2 heteroatoms. The van der Waals surface area contributed by atoms with Crippen molar-refractivity contribution in [1.29, 1.82) is 0 Å². The minimum absolute atomic E-state index is 0.191. The molecule has 2 atom stereocenters. The lowest BCUT2D eigenvalue weighted by molar-refractivity contribution is -0.0553. The molecule has 0 aromatic carbocycles. The van der Waals surface area contributed by atoms with Crippen LogP contribution in [-0.2, 0) is 9.47 Å². The van der Waals surface area contributed by atoms with Crippen molar-refractivity contribution in [2.24, 2.45) is 0 Å². The third kappa shape index (κ3) is 1.95. The molecule has 2 unspecified atom stereocenters. The quantitative estimate of drug-likeness (QED) is 0.526. The molecular formula is C7H13O2. The number of ether oxygens (including phenoxy) is 2. The fraction of sp³-hybridized carbons (Fsp3) is 0.857. The molecule has 0 bridgehead atoms. The minimum Gasteiger partial charge on any atom is -0.379 e. The molecule has 1 radical (unpaired) electrons. The molecule has 1 aliphatic heterocycles. The monoisotopic (exact) mass is 129 g/mol. The van der Waals surface area contributed by atoms with Gasteiger partial charge >= 0.3 is 0 Å². The molecule has 9 heavy (non-hydrogen) atoms. The lowest BCUT2D eigenvalue weighted by Crippen LogP contribution is -2.28. The van der Waals surface area contributed by atoms with Crippen molar-refractivity contribution in [3.8, 4) is 0 Å². The van der Waals surface area contributed by atoms with Crippen LogP contribution in [0.2, 0.25) is 0 Å². The average Bonchev–Trinajstić information content (AvgIpc) is 1.90. The largest absolute Gasteiger partial charge is 0.379 e. The molecule has 1 saturated heterocycles. The van der Waals surface area contributed by atoms with Crippen LogP contribution in [0, 0.1) is 6.92 Å². The van der Waals surface area contributed by atoms with Gasteiger partial charge in [0.05, 0.1) is 18.8 Å². The molecule has 53 valence electrons. The highest BCUT2D eigenvalue weighted by Crippen LogP contribution is 2.13. The van der Waals surface area contributed by atoms with Crippen molar-refractivity contribution in [3.63, 3.8) is 0 Å². The van der Waals surface area contributed by atoms with Crippen LogP contribution in [0.3, 0.4) is 0 Å².